The Hall–Kier alpha value is -2.31. The largest absolute Gasteiger partial charge is 0.497 e. The first-order chi connectivity index (χ1) is 11.0. The van der Waals surface area contributed by atoms with Crippen LogP contribution in [0.5, 0.6) is 5.75 Å². The van der Waals surface area contributed by atoms with E-state index in [1.54, 1.807) is 20.1 Å². The highest BCUT2D eigenvalue weighted by Gasteiger charge is 2.25. The first kappa shape index (κ1) is 15.6. The number of aromatic nitrogens is 1. The normalized spacial score (nSPS) is 13.7. The smallest absolute Gasteiger partial charge is 0.267 e. The predicted molar refractivity (Wildman–Crippen MR) is 91.1 cm³/mol. The van der Waals surface area contributed by atoms with Crippen LogP contribution in [-0.2, 0) is 5.60 Å². The number of rotatable bonds is 5. The van der Waals surface area contributed by atoms with Crippen LogP contribution in [0.4, 0.5) is 0 Å². The fourth-order valence-corrected chi connectivity index (χ4v) is 3.16. The van der Waals surface area contributed by atoms with Gasteiger partial charge in [-0.1, -0.05) is 6.07 Å². The Labute approximate surface area is 137 Å². The molecule has 2 aromatic heterocycles. The molecule has 1 amide bonds. The van der Waals surface area contributed by atoms with Gasteiger partial charge in [0.15, 0.2) is 0 Å². The van der Waals surface area contributed by atoms with Gasteiger partial charge < -0.3 is 20.1 Å². The number of H-pyrrole nitrogens is 1. The second-order valence-corrected chi connectivity index (χ2v) is 6.52. The molecule has 1 atom stereocenters. The van der Waals surface area contributed by atoms with Crippen LogP contribution in [0.2, 0.25) is 0 Å². The molecule has 0 aliphatic rings. The van der Waals surface area contributed by atoms with Crippen LogP contribution < -0.4 is 10.1 Å². The molecule has 3 N–H and O–H groups in total. The molecule has 0 aliphatic carbocycles. The van der Waals surface area contributed by atoms with E-state index in [0.717, 1.165) is 21.5 Å². The SMILES string of the molecule is COc1ccc2cc(C(=O)NCC(C)(O)c3cccs3)[nH]c2c1. The van der Waals surface area contributed by atoms with Gasteiger partial charge in [0.1, 0.15) is 17.0 Å². The highest BCUT2D eigenvalue weighted by Crippen LogP contribution is 2.25. The van der Waals surface area contributed by atoms with Gasteiger partial charge >= 0.3 is 0 Å². The van der Waals surface area contributed by atoms with E-state index in [1.165, 1.54) is 11.3 Å². The van der Waals surface area contributed by atoms with Gasteiger partial charge in [0.2, 0.25) is 0 Å². The van der Waals surface area contributed by atoms with E-state index in [1.807, 2.05) is 35.7 Å². The van der Waals surface area contributed by atoms with E-state index in [4.69, 9.17) is 4.74 Å². The Morgan fingerprint density at radius 1 is 1.39 bits per heavy atom. The van der Waals surface area contributed by atoms with Gasteiger partial charge in [0, 0.05) is 21.8 Å². The Balaban J connectivity index is 1.73. The molecule has 0 aliphatic heterocycles. The van der Waals surface area contributed by atoms with E-state index in [9.17, 15) is 9.90 Å². The highest BCUT2D eigenvalue weighted by molar-refractivity contribution is 7.10. The zero-order valence-electron chi connectivity index (χ0n) is 12.9. The molecule has 23 heavy (non-hydrogen) atoms. The highest BCUT2D eigenvalue weighted by atomic mass is 32.1. The zero-order chi connectivity index (χ0) is 16.4. The fraction of sp³-hybridized carbons (Fsp3) is 0.235. The number of methoxy groups -OCH3 is 1. The van der Waals surface area contributed by atoms with Crippen molar-refractivity contribution in [3.63, 3.8) is 0 Å². The standard InChI is InChI=1S/C17H18N2O3S/c1-17(21,15-4-3-7-23-15)10-18-16(20)14-8-11-5-6-12(22-2)9-13(11)19-14/h3-9,19,21H,10H2,1-2H3,(H,18,20). The lowest BCUT2D eigenvalue weighted by Crippen LogP contribution is -2.38. The molecule has 1 unspecified atom stereocenters. The van der Waals surface area contributed by atoms with Gasteiger partial charge in [0.05, 0.1) is 13.7 Å². The maximum atomic E-state index is 12.3. The summed E-state index contributed by atoms with van der Waals surface area (Å²) in [6, 6.07) is 11.1. The van der Waals surface area contributed by atoms with Crippen LogP contribution in [0.3, 0.4) is 0 Å². The van der Waals surface area contributed by atoms with Crippen molar-refractivity contribution in [1.82, 2.24) is 10.3 Å². The Kier molecular flexibility index (Phi) is 4.11. The molecule has 120 valence electrons. The Morgan fingerprint density at radius 2 is 2.22 bits per heavy atom. The summed E-state index contributed by atoms with van der Waals surface area (Å²) >= 11 is 1.46. The van der Waals surface area contributed by atoms with Crippen molar-refractivity contribution in [1.29, 1.82) is 0 Å². The number of carbonyl (C=O) groups is 1. The van der Waals surface area contributed by atoms with E-state index in [-0.39, 0.29) is 12.5 Å². The molecule has 0 spiro atoms. The second kappa shape index (κ2) is 6.06. The van der Waals surface area contributed by atoms with E-state index < -0.39 is 5.60 Å². The van der Waals surface area contributed by atoms with E-state index in [2.05, 4.69) is 10.3 Å². The minimum atomic E-state index is -1.08. The number of amides is 1. The number of fused-ring (bicyclic) bond motifs is 1. The number of carbonyl (C=O) groups excluding carboxylic acids is 1. The van der Waals surface area contributed by atoms with Gasteiger partial charge in [-0.25, -0.2) is 0 Å². The predicted octanol–water partition coefficient (Wildman–Crippen LogP) is 2.88. The summed E-state index contributed by atoms with van der Waals surface area (Å²) in [6.45, 7) is 1.83. The molecule has 0 radical (unpaired) electrons. The van der Waals surface area contributed by atoms with Crippen LogP contribution in [0, 0.1) is 0 Å². The summed E-state index contributed by atoms with van der Waals surface area (Å²) in [5.74, 6) is 0.476. The van der Waals surface area contributed by atoms with Gasteiger partial charge in [-0.05, 0) is 36.6 Å². The molecule has 0 saturated carbocycles. The number of thiophene rings is 1. The lowest BCUT2D eigenvalue weighted by atomic mass is 10.1. The first-order valence-corrected chi connectivity index (χ1v) is 8.09. The lowest BCUT2D eigenvalue weighted by molar-refractivity contribution is 0.0555. The van der Waals surface area contributed by atoms with E-state index >= 15 is 0 Å². The number of benzene rings is 1. The fourth-order valence-electron chi connectivity index (χ4n) is 2.38. The number of aromatic amines is 1. The summed E-state index contributed by atoms with van der Waals surface area (Å²) in [5.41, 5.74) is 0.203. The van der Waals surface area contributed by atoms with Gasteiger partial charge in [0.25, 0.3) is 5.91 Å². The zero-order valence-corrected chi connectivity index (χ0v) is 13.7. The summed E-state index contributed by atoms with van der Waals surface area (Å²) in [7, 11) is 1.60. The van der Waals surface area contributed by atoms with Crippen molar-refractivity contribution in [2.45, 2.75) is 12.5 Å². The molecule has 2 heterocycles. The summed E-state index contributed by atoms with van der Waals surface area (Å²) < 4.78 is 5.17. The number of ether oxygens (including phenoxy) is 1. The average Bonchev–Trinajstić information content (AvgIpc) is 3.21. The summed E-state index contributed by atoms with van der Waals surface area (Å²) in [6.07, 6.45) is 0. The van der Waals surface area contributed by atoms with Crippen molar-refractivity contribution >= 4 is 28.1 Å². The minimum Gasteiger partial charge on any atom is -0.497 e. The molecular weight excluding hydrogens is 312 g/mol. The van der Waals surface area contributed by atoms with Crippen molar-refractivity contribution in [2.24, 2.45) is 0 Å². The molecule has 3 aromatic rings. The molecule has 6 heteroatoms. The van der Waals surface area contributed by atoms with Crippen molar-refractivity contribution in [3.8, 4) is 5.75 Å². The maximum Gasteiger partial charge on any atom is 0.267 e. The second-order valence-electron chi connectivity index (χ2n) is 5.57. The van der Waals surface area contributed by atoms with Crippen LogP contribution in [0.25, 0.3) is 10.9 Å². The molecular formula is C17H18N2O3S. The Bertz CT molecular complexity index is 822. The van der Waals surface area contributed by atoms with Crippen LogP contribution in [-0.4, -0.2) is 29.7 Å². The van der Waals surface area contributed by atoms with Crippen LogP contribution >= 0.6 is 11.3 Å². The third-order valence-electron chi connectivity index (χ3n) is 3.72. The van der Waals surface area contributed by atoms with Crippen LogP contribution in [0.15, 0.2) is 41.8 Å². The van der Waals surface area contributed by atoms with Gasteiger partial charge in [-0.3, -0.25) is 4.79 Å². The summed E-state index contributed by atoms with van der Waals surface area (Å²) in [5, 5.41) is 16.1. The Morgan fingerprint density at radius 3 is 2.91 bits per heavy atom. The number of hydrogen-bond donors (Lipinski definition) is 3. The van der Waals surface area contributed by atoms with Gasteiger partial charge in [-0.15, -0.1) is 11.3 Å². The lowest BCUT2D eigenvalue weighted by Gasteiger charge is -2.22. The van der Waals surface area contributed by atoms with Gasteiger partial charge in [-0.2, -0.15) is 0 Å². The molecule has 5 nitrogen and oxygen atoms in total. The van der Waals surface area contributed by atoms with E-state index in [0.29, 0.717) is 5.69 Å². The van der Waals surface area contributed by atoms with Crippen LogP contribution in [0.1, 0.15) is 22.3 Å². The van der Waals surface area contributed by atoms with Crippen molar-refractivity contribution < 1.29 is 14.6 Å². The maximum absolute atomic E-state index is 12.3. The van der Waals surface area contributed by atoms with Crippen molar-refractivity contribution in [2.75, 3.05) is 13.7 Å². The average molecular weight is 330 g/mol. The topological polar surface area (TPSA) is 74.3 Å². The number of hydrogen-bond acceptors (Lipinski definition) is 4. The molecule has 0 saturated heterocycles. The quantitative estimate of drug-likeness (QED) is 0.673. The third kappa shape index (κ3) is 3.23. The first-order valence-electron chi connectivity index (χ1n) is 7.21. The molecule has 0 bridgehead atoms. The minimum absolute atomic E-state index is 0.144. The number of aliphatic hydroxyl groups is 1. The molecule has 0 fully saturated rings. The third-order valence-corrected chi connectivity index (χ3v) is 4.84. The molecule has 3 rings (SSSR count). The summed E-state index contributed by atoms with van der Waals surface area (Å²) in [4.78, 5) is 16.2. The molecule has 1 aromatic carbocycles. The number of nitrogens with one attached hydrogen (secondary N) is 2. The monoisotopic (exact) mass is 330 g/mol. The van der Waals surface area contributed by atoms with Crippen molar-refractivity contribution in [3.05, 3.63) is 52.3 Å².